The number of furan rings is 1. The van der Waals surface area contributed by atoms with Gasteiger partial charge in [-0.15, -0.1) is 0 Å². The van der Waals surface area contributed by atoms with E-state index in [1.807, 2.05) is 42.5 Å². The van der Waals surface area contributed by atoms with Crippen molar-refractivity contribution in [3.63, 3.8) is 0 Å². The third kappa shape index (κ3) is 1.76. The van der Waals surface area contributed by atoms with E-state index in [1.54, 1.807) is 6.26 Å². The fourth-order valence-electron chi connectivity index (χ4n) is 2.92. The molecule has 1 fully saturated rings. The second kappa shape index (κ2) is 4.34. The van der Waals surface area contributed by atoms with Crippen LogP contribution in [-0.2, 0) is 0 Å². The van der Waals surface area contributed by atoms with E-state index in [0.29, 0.717) is 5.92 Å². The zero-order chi connectivity index (χ0) is 13.5. The van der Waals surface area contributed by atoms with Crippen molar-refractivity contribution in [2.24, 2.45) is 5.92 Å². The lowest BCUT2D eigenvalue weighted by Gasteiger charge is -1.99. The number of hydrogen-bond acceptors (Lipinski definition) is 2. The minimum atomic E-state index is 0.110. The first kappa shape index (κ1) is 11.5. The minimum absolute atomic E-state index is 0.110. The maximum Gasteiger partial charge on any atom is 0.170 e. The van der Waals surface area contributed by atoms with E-state index in [-0.39, 0.29) is 11.7 Å². The zero-order valence-corrected chi connectivity index (χ0v) is 11.0. The van der Waals surface area contributed by atoms with E-state index in [9.17, 15) is 4.79 Å². The quantitative estimate of drug-likeness (QED) is 0.654. The van der Waals surface area contributed by atoms with Crippen molar-refractivity contribution < 1.29 is 9.21 Å². The van der Waals surface area contributed by atoms with Gasteiger partial charge < -0.3 is 4.42 Å². The molecule has 2 heteroatoms. The highest BCUT2D eigenvalue weighted by molar-refractivity contribution is 6.09. The zero-order valence-electron chi connectivity index (χ0n) is 11.0. The van der Waals surface area contributed by atoms with Gasteiger partial charge in [-0.3, -0.25) is 4.79 Å². The van der Waals surface area contributed by atoms with E-state index in [2.05, 4.69) is 12.1 Å². The summed E-state index contributed by atoms with van der Waals surface area (Å²) in [4.78, 5) is 12.6. The summed E-state index contributed by atoms with van der Waals surface area (Å²) in [6.07, 6.45) is 2.55. The molecule has 0 bridgehead atoms. The van der Waals surface area contributed by atoms with E-state index in [4.69, 9.17) is 4.42 Å². The van der Waals surface area contributed by atoms with Gasteiger partial charge in [0.25, 0.3) is 0 Å². The third-order valence-electron chi connectivity index (χ3n) is 4.10. The highest BCUT2D eigenvalue weighted by Gasteiger charge is 2.44. The molecule has 0 spiro atoms. The van der Waals surface area contributed by atoms with Gasteiger partial charge in [0, 0.05) is 11.3 Å². The van der Waals surface area contributed by atoms with Gasteiger partial charge in [0.15, 0.2) is 5.78 Å². The Labute approximate surface area is 117 Å². The van der Waals surface area contributed by atoms with Crippen LogP contribution in [0.25, 0.3) is 11.0 Å². The van der Waals surface area contributed by atoms with E-state index < -0.39 is 0 Å². The Balaban J connectivity index is 1.63. The molecule has 0 saturated heterocycles. The molecule has 4 rings (SSSR count). The van der Waals surface area contributed by atoms with Gasteiger partial charge in [0.2, 0.25) is 0 Å². The van der Waals surface area contributed by atoms with Crippen molar-refractivity contribution in [3.8, 4) is 0 Å². The molecule has 2 atom stereocenters. The van der Waals surface area contributed by atoms with Crippen LogP contribution in [0.2, 0.25) is 0 Å². The molecular weight excluding hydrogens is 248 g/mol. The molecule has 2 aromatic carbocycles. The first-order valence-electron chi connectivity index (χ1n) is 6.90. The van der Waals surface area contributed by atoms with E-state index >= 15 is 0 Å². The van der Waals surface area contributed by atoms with Crippen molar-refractivity contribution in [2.75, 3.05) is 0 Å². The molecule has 0 aliphatic heterocycles. The van der Waals surface area contributed by atoms with Crippen LogP contribution in [0.3, 0.4) is 0 Å². The maximum absolute atomic E-state index is 12.6. The Morgan fingerprint density at radius 1 is 1.00 bits per heavy atom. The van der Waals surface area contributed by atoms with Crippen LogP contribution in [0.1, 0.15) is 28.3 Å². The van der Waals surface area contributed by atoms with Gasteiger partial charge in [-0.2, -0.15) is 0 Å². The average molecular weight is 262 g/mol. The van der Waals surface area contributed by atoms with Crippen molar-refractivity contribution in [1.82, 2.24) is 0 Å². The maximum atomic E-state index is 12.6. The fraction of sp³-hybridized carbons (Fsp3) is 0.167. The predicted octanol–water partition coefficient (Wildman–Crippen LogP) is 4.42. The summed E-state index contributed by atoms with van der Waals surface area (Å²) < 4.78 is 5.47. The molecule has 1 heterocycles. The summed E-state index contributed by atoms with van der Waals surface area (Å²) in [5.74, 6) is 0.694. The third-order valence-corrected chi connectivity index (χ3v) is 4.10. The number of fused-ring (bicyclic) bond motifs is 1. The largest absolute Gasteiger partial charge is 0.464 e. The molecular formula is C18H14O2. The molecule has 2 nitrogen and oxygen atoms in total. The predicted molar refractivity (Wildman–Crippen MR) is 77.8 cm³/mol. The molecule has 20 heavy (non-hydrogen) atoms. The lowest BCUT2D eigenvalue weighted by molar-refractivity contribution is 0.0966. The van der Waals surface area contributed by atoms with E-state index in [1.165, 1.54) is 5.56 Å². The molecule has 3 aromatic rings. The first-order chi connectivity index (χ1) is 9.84. The van der Waals surface area contributed by atoms with Gasteiger partial charge in [0.05, 0.1) is 5.56 Å². The molecule has 1 aliphatic carbocycles. The topological polar surface area (TPSA) is 30.2 Å². The van der Waals surface area contributed by atoms with Gasteiger partial charge >= 0.3 is 0 Å². The number of ketones is 1. The van der Waals surface area contributed by atoms with Crippen LogP contribution in [-0.4, -0.2) is 5.78 Å². The van der Waals surface area contributed by atoms with Crippen molar-refractivity contribution in [2.45, 2.75) is 12.3 Å². The highest BCUT2D eigenvalue weighted by atomic mass is 16.3. The van der Waals surface area contributed by atoms with Crippen LogP contribution in [0.4, 0.5) is 0 Å². The van der Waals surface area contributed by atoms with Gasteiger partial charge in [-0.1, -0.05) is 48.5 Å². The SMILES string of the molecule is O=C(c1coc2ccccc12)C1CC1c1ccccc1. The molecule has 2 unspecified atom stereocenters. The van der Waals surface area contributed by atoms with Crippen molar-refractivity contribution in [1.29, 1.82) is 0 Å². The molecule has 1 aromatic heterocycles. The number of Topliss-reactive ketones (excluding diaryl/α,β-unsaturated/α-hetero) is 1. The van der Waals surface area contributed by atoms with Crippen LogP contribution in [0, 0.1) is 5.92 Å². The number of carbonyl (C=O) groups excluding carboxylic acids is 1. The summed E-state index contributed by atoms with van der Waals surface area (Å²) >= 11 is 0. The van der Waals surface area contributed by atoms with Crippen molar-refractivity contribution in [3.05, 3.63) is 72.0 Å². The summed E-state index contributed by atoms with van der Waals surface area (Å²) in [5, 5.41) is 0.927. The normalized spacial score (nSPS) is 21.0. The lowest BCUT2D eigenvalue weighted by Crippen LogP contribution is -2.02. The Morgan fingerprint density at radius 3 is 2.60 bits per heavy atom. The summed E-state index contributed by atoms with van der Waals surface area (Å²) in [6.45, 7) is 0. The summed E-state index contributed by atoms with van der Waals surface area (Å²) in [7, 11) is 0. The fourth-order valence-corrected chi connectivity index (χ4v) is 2.92. The number of para-hydroxylation sites is 1. The average Bonchev–Trinajstić information content (AvgIpc) is 3.20. The van der Waals surface area contributed by atoms with Crippen LogP contribution in [0.15, 0.2) is 65.3 Å². The van der Waals surface area contributed by atoms with Crippen LogP contribution >= 0.6 is 0 Å². The second-order valence-electron chi connectivity index (χ2n) is 5.37. The summed E-state index contributed by atoms with van der Waals surface area (Å²) in [6, 6.07) is 18.0. The molecule has 0 amide bonds. The molecule has 98 valence electrons. The minimum Gasteiger partial charge on any atom is -0.464 e. The number of hydrogen-bond donors (Lipinski definition) is 0. The monoisotopic (exact) mass is 262 g/mol. The Kier molecular flexibility index (Phi) is 2.49. The van der Waals surface area contributed by atoms with Gasteiger partial charge in [0.1, 0.15) is 11.8 Å². The van der Waals surface area contributed by atoms with Gasteiger partial charge in [-0.05, 0) is 24.0 Å². The number of benzene rings is 2. The Bertz CT molecular complexity index is 770. The summed E-state index contributed by atoms with van der Waals surface area (Å²) in [5.41, 5.74) is 2.77. The van der Waals surface area contributed by atoms with E-state index in [0.717, 1.165) is 23.0 Å². The lowest BCUT2D eigenvalue weighted by atomic mass is 10.0. The number of carbonyl (C=O) groups is 1. The molecule has 0 N–H and O–H groups in total. The van der Waals surface area contributed by atoms with Crippen LogP contribution in [0.5, 0.6) is 0 Å². The van der Waals surface area contributed by atoms with Gasteiger partial charge in [-0.25, -0.2) is 0 Å². The standard InChI is InChI=1S/C18H14O2/c19-18(15-10-14(15)12-6-2-1-3-7-12)16-11-20-17-9-5-4-8-13(16)17/h1-9,11,14-15H,10H2. The second-order valence-corrected chi connectivity index (χ2v) is 5.37. The van der Waals surface area contributed by atoms with Crippen molar-refractivity contribution >= 4 is 16.8 Å². The smallest absolute Gasteiger partial charge is 0.170 e. The van der Waals surface area contributed by atoms with Crippen LogP contribution < -0.4 is 0 Å². The molecule has 0 radical (unpaired) electrons. The number of rotatable bonds is 3. The Morgan fingerprint density at radius 2 is 1.75 bits per heavy atom. The highest BCUT2D eigenvalue weighted by Crippen LogP contribution is 2.49. The molecule has 1 saturated carbocycles. The molecule has 1 aliphatic rings. The first-order valence-corrected chi connectivity index (χ1v) is 6.90. The Hall–Kier alpha value is -2.35.